The molecule has 0 aromatic carbocycles. The van der Waals surface area contributed by atoms with Gasteiger partial charge in [-0.2, -0.15) is 0 Å². The standard InChI is InChI=1S/C7H9Cl2NO2/c8-7(9)1-5(7)6(12)10-2-4(11)3-10/h4-5,11H,1-3H2. The quantitative estimate of drug-likeness (QED) is 0.635. The second-order valence-electron chi connectivity index (χ2n) is 3.41. The van der Waals surface area contributed by atoms with Gasteiger partial charge in [0.1, 0.15) is 4.33 Å². The average Bonchev–Trinajstić information content (AvgIpc) is 2.52. The number of alkyl halides is 2. The van der Waals surface area contributed by atoms with Crippen LogP contribution >= 0.6 is 23.2 Å². The van der Waals surface area contributed by atoms with E-state index in [1.54, 1.807) is 4.90 Å². The molecule has 2 rings (SSSR count). The molecular weight excluding hydrogens is 201 g/mol. The van der Waals surface area contributed by atoms with Crippen molar-refractivity contribution in [1.29, 1.82) is 0 Å². The van der Waals surface area contributed by atoms with Gasteiger partial charge in [-0.25, -0.2) is 0 Å². The summed E-state index contributed by atoms with van der Waals surface area (Å²) in [5.74, 6) is -0.265. The van der Waals surface area contributed by atoms with Gasteiger partial charge >= 0.3 is 0 Å². The Morgan fingerprint density at radius 1 is 1.50 bits per heavy atom. The van der Waals surface area contributed by atoms with Crippen molar-refractivity contribution in [2.45, 2.75) is 16.9 Å². The first-order valence-corrected chi connectivity index (χ1v) is 4.61. The topological polar surface area (TPSA) is 40.5 Å². The number of β-amino-alcohol motifs (C(OH)–C–C–N with tert-alkyl or cyclic N) is 1. The first-order valence-electron chi connectivity index (χ1n) is 3.85. The highest BCUT2D eigenvalue weighted by Gasteiger charge is 2.58. The first kappa shape index (κ1) is 8.60. The highest BCUT2D eigenvalue weighted by Crippen LogP contribution is 2.54. The summed E-state index contributed by atoms with van der Waals surface area (Å²) in [5, 5.41) is 8.94. The summed E-state index contributed by atoms with van der Waals surface area (Å²) < 4.78 is -0.836. The van der Waals surface area contributed by atoms with Crippen LogP contribution in [0.25, 0.3) is 0 Å². The van der Waals surface area contributed by atoms with Crippen molar-refractivity contribution in [3.8, 4) is 0 Å². The molecule has 1 aliphatic heterocycles. The maximum atomic E-state index is 11.4. The van der Waals surface area contributed by atoms with Crippen molar-refractivity contribution in [2.24, 2.45) is 5.92 Å². The van der Waals surface area contributed by atoms with E-state index in [1.807, 2.05) is 0 Å². The van der Waals surface area contributed by atoms with Crippen LogP contribution in [-0.4, -0.2) is 39.4 Å². The van der Waals surface area contributed by atoms with Gasteiger partial charge in [0.05, 0.1) is 12.0 Å². The maximum Gasteiger partial charge on any atom is 0.229 e. The largest absolute Gasteiger partial charge is 0.389 e. The smallest absolute Gasteiger partial charge is 0.229 e. The minimum atomic E-state index is -0.836. The van der Waals surface area contributed by atoms with Crippen LogP contribution < -0.4 is 0 Å². The molecule has 0 spiro atoms. The van der Waals surface area contributed by atoms with Gasteiger partial charge < -0.3 is 10.0 Å². The predicted molar refractivity (Wildman–Crippen MR) is 45.1 cm³/mol. The molecule has 1 unspecified atom stereocenters. The van der Waals surface area contributed by atoms with Crippen LogP contribution in [0.5, 0.6) is 0 Å². The van der Waals surface area contributed by atoms with Crippen LogP contribution in [-0.2, 0) is 4.79 Å². The second-order valence-corrected chi connectivity index (χ2v) is 4.96. The number of carbonyl (C=O) groups excluding carboxylic acids is 1. The fraction of sp³-hybridized carbons (Fsp3) is 0.857. The molecule has 1 N–H and O–H groups in total. The van der Waals surface area contributed by atoms with Gasteiger partial charge in [-0.1, -0.05) is 0 Å². The Bertz CT molecular complexity index is 225. The fourth-order valence-electron chi connectivity index (χ4n) is 1.34. The molecule has 0 bridgehead atoms. The van der Waals surface area contributed by atoms with Gasteiger partial charge in [0.15, 0.2) is 0 Å². The molecule has 68 valence electrons. The molecule has 2 fully saturated rings. The van der Waals surface area contributed by atoms with Crippen LogP contribution in [0.1, 0.15) is 6.42 Å². The van der Waals surface area contributed by atoms with E-state index in [2.05, 4.69) is 0 Å². The van der Waals surface area contributed by atoms with E-state index < -0.39 is 4.33 Å². The van der Waals surface area contributed by atoms with Gasteiger partial charge in [0, 0.05) is 13.1 Å². The normalized spacial score (nSPS) is 32.9. The molecule has 5 heteroatoms. The van der Waals surface area contributed by atoms with Crippen molar-refractivity contribution >= 4 is 29.1 Å². The molecule has 2 aliphatic rings. The van der Waals surface area contributed by atoms with E-state index in [9.17, 15) is 4.79 Å². The van der Waals surface area contributed by atoms with Crippen LogP contribution in [0.4, 0.5) is 0 Å². The molecule has 1 saturated carbocycles. The predicted octanol–water partition coefficient (Wildman–Crippen LogP) is 0.383. The first-order chi connectivity index (χ1) is 5.50. The van der Waals surface area contributed by atoms with Crippen LogP contribution in [0.2, 0.25) is 0 Å². The van der Waals surface area contributed by atoms with E-state index in [4.69, 9.17) is 28.3 Å². The molecule has 0 radical (unpaired) electrons. The number of rotatable bonds is 1. The lowest BCUT2D eigenvalue weighted by molar-refractivity contribution is -0.142. The SMILES string of the molecule is O=C(C1CC1(Cl)Cl)N1CC(O)C1. The van der Waals surface area contributed by atoms with Crippen LogP contribution in [0.15, 0.2) is 0 Å². The minimum Gasteiger partial charge on any atom is -0.389 e. The zero-order valence-corrected chi connectivity index (χ0v) is 7.85. The summed E-state index contributed by atoms with van der Waals surface area (Å²) in [5.41, 5.74) is 0. The molecule has 1 atom stereocenters. The fourth-order valence-corrected chi connectivity index (χ4v) is 1.83. The summed E-state index contributed by atoms with van der Waals surface area (Å²) in [7, 11) is 0. The van der Waals surface area contributed by atoms with Gasteiger partial charge in [0.25, 0.3) is 0 Å². The Balaban J connectivity index is 1.87. The summed E-state index contributed by atoms with van der Waals surface area (Å²) in [6.07, 6.45) is 0.189. The van der Waals surface area contributed by atoms with E-state index in [-0.39, 0.29) is 17.9 Å². The Morgan fingerprint density at radius 2 is 2.00 bits per heavy atom. The van der Waals surface area contributed by atoms with Gasteiger partial charge in [-0.15, -0.1) is 23.2 Å². The Hall–Kier alpha value is 0.01000. The molecule has 0 aromatic rings. The molecule has 1 saturated heterocycles. The van der Waals surface area contributed by atoms with Crippen LogP contribution in [0, 0.1) is 5.92 Å². The van der Waals surface area contributed by atoms with E-state index >= 15 is 0 Å². The van der Waals surface area contributed by atoms with Crippen LogP contribution in [0.3, 0.4) is 0 Å². The summed E-state index contributed by atoms with van der Waals surface area (Å²) >= 11 is 11.4. The molecule has 0 aromatic heterocycles. The number of aliphatic hydroxyl groups excluding tert-OH is 1. The lowest BCUT2D eigenvalue weighted by atomic mass is 10.1. The Kier molecular flexibility index (Phi) is 1.79. The lowest BCUT2D eigenvalue weighted by Gasteiger charge is -2.36. The van der Waals surface area contributed by atoms with Gasteiger partial charge in [0.2, 0.25) is 5.91 Å². The zero-order valence-electron chi connectivity index (χ0n) is 6.33. The molecule has 1 heterocycles. The minimum absolute atomic E-state index is 0.0229. The summed E-state index contributed by atoms with van der Waals surface area (Å²) in [6, 6.07) is 0. The Morgan fingerprint density at radius 3 is 2.33 bits per heavy atom. The molecular formula is C7H9Cl2NO2. The number of hydrogen-bond donors (Lipinski definition) is 1. The average molecular weight is 210 g/mol. The number of amides is 1. The third kappa shape index (κ3) is 1.30. The number of likely N-dealkylation sites (tertiary alicyclic amines) is 1. The third-order valence-corrected chi connectivity index (χ3v) is 3.13. The zero-order chi connectivity index (χ0) is 8.93. The molecule has 3 nitrogen and oxygen atoms in total. The lowest BCUT2D eigenvalue weighted by Crippen LogP contribution is -2.54. The molecule has 12 heavy (non-hydrogen) atoms. The number of carbonyl (C=O) groups is 1. The number of hydrogen-bond acceptors (Lipinski definition) is 2. The second kappa shape index (κ2) is 2.50. The van der Waals surface area contributed by atoms with Crippen molar-refractivity contribution in [1.82, 2.24) is 4.90 Å². The highest BCUT2D eigenvalue weighted by molar-refractivity contribution is 6.52. The summed E-state index contributed by atoms with van der Waals surface area (Å²) in [4.78, 5) is 13.0. The van der Waals surface area contributed by atoms with Gasteiger partial charge in [-0.3, -0.25) is 4.79 Å². The molecule has 1 aliphatic carbocycles. The summed E-state index contributed by atoms with van der Waals surface area (Å²) in [6.45, 7) is 0.860. The monoisotopic (exact) mass is 209 g/mol. The number of halogens is 2. The number of aliphatic hydroxyl groups is 1. The third-order valence-electron chi connectivity index (χ3n) is 2.30. The van der Waals surface area contributed by atoms with Crippen molar-refractivity contribution in [2.75, 3.05) is 13.1 Å². The van der Waals surface area contributed by atoms with E-state index in [0.29, 0.717) is 19.5 Å². The van der Waals surface area contributed by atoms with Crippen molar-refractivity contribution in [3.63, 3.8) is 0 Å². The molecule has 1 amide bonds. The highest BCUT2D eigenvalue weighted by atomic mass is 35.5. The number of nitrogens with zero attached hydrogens (tertiary/aromatic N) is 1. The van der Waals surface area contributed by atoms with Crippen molar-refractivity contribution in [3.05, 3.63) is 0 Å². The van der Waals surface area contributed by atoms with Crippen molar-refractivity contribution < 1.29 is 9.90 Å². The van der Waals surface area contributed by atoms with E-state index in [0.717, 1.165) is 0 Å². The maximum absolute atomic E-state index is 11.4. The van der Waals surface area contributed by atoms with E-state index in [1.165, 1.54) is 0 Å². The van der Waals surface area contributed by atoms with Gasteiger partial charge in [-0.05, 0) is 6.42 Å². The Labute approximate surface area is 80.2 Å².